The zero-order valence-electron chi connectivity index (χ0n) is 20.2. The van der Waals surface area contributed by atoms with E-state index in [-0.39, 0.29) is 23.8 Å². The highest BCUT2D eigenvalue weighted by Gasteiger charge is 2.36. The second-order valence-corrected chi connectivity index (χ2v) is 9.48. The highest BCUT2D eigenvalue weighted by molar-refractivity contribution is 8.15. The van der Waals surface area contributed by atoms with Crippen LogP contribution in [0.5, 0.6) is 5.75 Å². The Morgan fingerprint density at radius 3 is 2.47 bits per heavy atom. The number of rotatable bonds is 7. The van der Waals surface area contributed by atoms with Crippen molar-refractivity contribution in [1.82, 2.24) is 4.90 Å². The van der Waals surface area contributed by atoms with Crippen LogP contribution in [0.1, 0.15) is 24.5 Å². The molecule has 0 radical (unpaired) electrons. The number of hydrogen-bond acceptors (Lipinski definition) is 5. The predicted molar refractivity (Wildman–Crippen MR) is 138 cm³/mol. The van der Waals surface area contributed by atoms with E-state index in [1.165, 1.54) is 41.3 Å². The van der Waals surface area contributed by atoms with Gasteiger partial charge in [0.2, 0.25) is 11.8 Å². The topological polar surface area (TPSA) is 71.0 Å². The fourth-order valence-corrected chi connectivity index (χ4v) is 4.75. The third-order valence-corrected chi connectivity index (χ3v) is 6.70. The number of hydrogen-bond donors (Lipinski definition) is 1. The molecule has 1 aliphatic heterocycles. The van der Waals surface area contributed by atoms with E-state index in [1.54, 1.807) is 24.3 Å². The molecule has 38 heavy (non-hydrogen) atoms. The van der Waals surface area contributed by atoms with Crippen molar-refractivity contribution in [2.45, 2.75) is 31.3 Å². The molecule has 1 saturated heterocycles. The van der Waals surface area contributed by atoms with Crippen LogP contribution in [0.15, 0.2) is 77.8 Å². The molecule has 1 unspecified atom stereocenters. The van der Waals surface area contributed by atoms with E-state index in [0.29, 0.717) is 23.6 Å². The monoisotopic (exact) mass is 545 g/mol. The van der Waals surface area contributed by atoms with E-state index in [2.05, 4.69) is 10.3 Å². The molecule has 198 valence electrons. The van der Waals surface area contributed by atoms with Gasteiger partial charge in [-0.25, -0.2) is 9.38 Å². The summed E-state index contributed by atoms with van der Waals surface area (Å²) in [4.78, 5) is 31.8. The fraction of sp³-hybridized carbons (Fsp3) is 0.222. The number of ether oxygens (including phenoxy) is 1. The number of amides is 2. The standard InChI is InChI=1S/C27H23F4N3O3S/c1-2-37-22-12-10-20(11-13-22)32-25(36)23-15-24(35)34(16-17-6-8-19(28)9-7-17)26(38-23)33-21-5-3-4-18(14-21)27(29,30)31/h3-14,23H,2,15-16H2,1H3,(H,32,36). The maximum Gasteiger partial charge on any atom is 0.416 e. The van der Waals surface area contributed by atoms with Crippen LogP contribution < -0.4 is 10.1 Å². The third kappa shape index (κ3) is 6.91. The summed E-state index contributed by atoms with van der Waals surface area (Å²) in [6, 6.07) is 16.6. The Balaban J connectivity index is 1.60. The third-order valence-electron chi connectivity index (χ3n) is 5.52. The number of carbonyl (C=O) groups excluding carboxylic acids is 2. The predicted octanol–water partition coefficient (Wildman–Crippen LogP) is 6.40. The number of anilines is 1. The number of amidine groups is 1. The fourth-order valence-electron chi connectivity index (χ4n) is 3.66. The van der Waals surface area contributed by atoms with Crippen molar-refractivity contribution >= 4 is 40.1 Å². The van der Waals surface area contributed by atoms with Crippen LogP contribution in [0.2, 0.25) is 0 Å². The molecule has 0 bridgehead atoms. The van der Waals surface area contributed by atoms with Crippen LogP contribution in [0.3, 0.4) is 0 Å². The van der Waals surface area contributed by atoms with Crippen LogP contribution >= 0.6 is 11.8 Å². The Labute approximate surface area is 220 Å². The molecule has 0 aromatic heterocycles. The molecule has 1 aliphatic rings. The van der Waals surface area contributed by atoms with Crippen LogP contribution in [0.4, 0.5) is 28.9 Å². The summed E-state index contributed by atoms with van der Waals surface area (Å²) < 4.78 is 58.5. The number of nitrogens with zero attached hydrogens (tertiary/aromatic N) is 2. The van der Waals surface area contributed by atoms with Gasteiger partial charge in [0.1, 0.15) is 16.8 Å². The largest absolute Gasteiger partial charge is 0.494 e. The van der Waals surface area contributed by atoms with Crippen molar-refractivity contribution in [1.29, 1.82) is 0 Å². The molecule has 0 saturated carbocycles. The molecule has 1 heterocycles. The Morgan fingerprint density at radius 2 is 1.82 bits per heavy atom. The minimum absolute atomic E-state index is 0.0110. The molecule has 3 aromatic carbocycles. The molecule has 0 spiro atoms. The van der Waals surface area contributed by atoms with E-state index >= 15 is 0 Å². The Morgan fingerprint density at radius 1 is 1.11 bits per heavy atom. The van der Waals surface area contributed by atoms with Crippen molar-refractivity contribution in [3.63, 3.8) is 0 Å². The van der Waals surface area contributed by atoms with Gasteiger partial charge in [0.05, 0.1) is 24.4 Å². The average molecular weight is 546 g/mol. The minimum Gasteiger partial charge on any atom is -0.494 e. The van der Waals surface area contributed by atoms with Gasteiger partial charge >= 0.3 is 6.18 Å². The summed E-state index contributed by atoms with van der Waals surface area (Å²) in [7, 11) is 0. The van der Waals surface area contributed by atoms with Gasteiger partial charge < -0.3 is 10.1 Å². The maximum atomic E-state index is 13.4. The van der Waals surface area contributed by atoms with Crippen molar-refractivity contribution in [3.8, 4) is 5.75 Å². The molecule has 6 nitrogen and oxygen atoms in total. The van der Waals surface area contributed by atoms with Crippen LogP contribution in [-0.4, -0.2) is 33.7 Å². The van der Waals surface area contributed by atoms with Gasteiger partial charge in [-0.2, -0.15) is 13.2 Å². The quantitative estimate of drug-likeness (QED) is 0.349. The summed E-state index contributed by atoms with van der Waals surface area (Å²) >= 11 is 0.976. The van der Waals surface area contributed by atoms with E-state index in [0.717, 1.165) is 23.9 Å². The molecule has 2 amide bonds. The summed E-state index contributed by atoms with van der Waals surface area (Å²) in [5.41, 5.74) is 0.180. The summed E-state index contributed by atoms with van der Waals surface area (Å²) in [5.74, 6) is -0.701. The SMILES string of the molecule is CCOc1ccc(NC(=O)C2CC(=O)N(Cc3ccc(F)cc3)C(=Nc3cccc(C(F)(F)F)c3)S2)cc1. The lowest BCUT2D eigenvalue weighted by atomic mass is 10.2. The number of benzene rings is 3. The van der Waals surface area contributed by atoms with Gasteiger partial charge in [-0.1, -0.05) is 30.0 Å². The average Bonchev–Trinajstić information content (AvgIpc) is 2.88. The molecular weight excluding hydrogens is 522 g/mol. The number of halogens is 4. The number of thioether (sulfide) groups is 1. The number of alkyl halides is 3. The molecule has 1 fully saturated rings. The molecule has 3 aromatic rings. The van der Waals surface area contributed by atoms with E-state index in [9.17, 15) is 27.2 Å². The van der Waals surface area contributed by atoms with Crippen molar-refractivity contribution in [3.05, 3.63) is 89.7 Å². The minimum atomic E-state index is -4.57. The molecule has 4 rings (SSSR count). The Kier molecular flexibility index (Phi) is 8.35. The first-order valence-electron chi connectivity index (χ1n) is 11.6. The van der Waals surface area contributed by atoms with E-state index in [4.69, 9.17) is 4.74 Å². The van der Waals surface area contributed by atoms with E-state index in [1.807, 2.05) is 6.92 Å². The number of carbonyl (C=O) groups is 2. The summed E-state index contributed by atoms with van der Waals surface area (Å²) in [6.07, 6.45) is -4.73. The molecule has 11 heteroatoms. The first-order chi connectivity index (χ1) is 18.1. The van der Waals surface area contributed by atoms with Gasteiger partial charge in [0, 0.05) is 12.1 Å². The lowest BCUT2D eigenvalue weighted by molar-refractivity contribution is -0.137. The summed E-state index contributed by atoms with van der Waals surface area (Å²) in [6.45, 7) is 2.36. The number of nitrogens with one attached hydrogen (secondary N) is 1. The van der Waals surface area contributed by atoms with Gasteiger partial charge in [-0.05, 0) is 67.1 Å². The van der Waals surface area contributed by atoms with Crippen molar-refractivity contribution in [2.24, 2.45) is 4.99 Å². The van der Waals surface area contributed by atoms with Gasteiger partial charge in [-0.15, -0.1) is 0 Å². The van der Waals surface area contributed by atoms with Crippen molar-refractivity contribution in [2.75, 3.05) is 11.9 Å². The normalized spacial score (nSPS) is 17.0. The molecule has 0 aliphatic carbocycles. The maximum absolute atomic E-state index is 13.4. The lowest BCUT2D eigenvalue weighted by Crippen LogP contribution is -2.44. The lowest BCUT2D eigenvalue weighted by Gasteiger charge is -2.32. The smallest absolute Gasteiger partial charge is 0.416 e. The van der Waals surface area contributed by atoms with Crippen LogP contribution in [0, 0.1) is 5.82 Å². The second-order valence-electron chi connectivity index (χ2n) is 8.31. The molecule has 1 N–H and O–H groups in total. The zero-order chi connectivity index (χ0) is 27.3. The zero-order valence-corrected chi connectivity index (χ0v) is 21.0. The summed E-state index contributed by atoms with van der Waals surface area (Å²) in [5, 5.41) is 1.95. The van der Waals surface area contributed by atoms with Crippen LogP contribution in [-0.2, 0) is 22.3 Å². The van der Waals surface area contributed by atoms with Gasteiger partial charge in [-0.3, -0.25) is 14.5 Å². The Bertz CT molecular complexity index is 1330. The first-order valence-corrected chi connectivity index (χ1v) is 12.5. The highest BCUT2D eigenvalue weighted by atomic mass is 32.2. The van der Waals surface area contributed by atoms with Crippen LogP contribution in [0.25, 0.3) is 0 Å². The van der Waals surface area contributed by atoms with Crippen molar-refractivity contribution < 1.29 is 31.9 Å². The second kappa shape index (κ2) is 11.7. The van der Waals surface area contributed by atoms with Gasteiger partial charge in [0.25, 0.3) is 0 Å². The number of aliphatic imine (C=N–C) groups is 1. The first kappa shape index (κ1) is 27.2. The molecule has 1 atom stereocenters. The van der Waals surface area contributed by atoms with Gasteiger partial charge in [0.15, 0.2) is 5.17 Å². The highest BCUT2D eigenvalue weighted by Crippen LogP contribution is 2.34. The molecular formula is C27H23F4N3O3S. The van der Waals surface area contributed by atoms with E-state index < -0.39 is 34.6 Å². The Hall–Kier alpha value is -3.86.